The molecule has 24 heavy (non-hydrogen) atoms. The van der Waals surface area contributed by atoms with Crippen LogP contribution in [0.25, 0.3) is 0 Å². The SMILES string of the molecule is CC(C)(C)C1=PP2[C@@]3(C(C)(C)C)P1[C@@]1(C(C)(C)C)P3[C@@]21C(C)(C)C. The monoisotopic (exact) mass is 400 g/mol. The van der Waals surface area contributed by atoms with Gasteiger partial charge in [0.1, 0.15) is 0 Å². The Morgan fingerprint density at radius 3 is 1.46 bits per heavy atom. The molecule has 4 heteroatoms. The first-order chi connectivity index (χ1) is 10.5. The molecule has 0 bridgehead atoms. The predicted molar refractivity (Wildman–Crippen MR) is 119 cm³/mol. The lowest BCUT2D eigenvalue weighted by atomic mass is 9.80. The van der Waals surface area contributed by atoms with Crippen molar-refractivity contribution in [2.24, 2.45) is 21.7 Å². The van der Waals surface area contributed by atoms with E-state index in [1.807, 2.05) is 12.9 Å². The van der Waals surface area contributed by atoms with Crippen molar-refractivity contribution in [3.8, 4) is 0 Å². The molecule has 4 aliphatic heterocycles. The molecular formula is C20H36P4. The Labute approximate surface area is 155 Å². The van der Waals surface area contributed by atoms with E-state index in [1.165, 1.54) is 0 Å². The third kappa shape index (κ3) is 1.41. The van der Waals surface area contributed by atoms with Crippen LogP contribution in [0.3, 0.4) is 0 Å². The van der Waals surface area contributed by atoms with Crippen molar-refractivity contribution in [1.82, 2.24) is 0 Å². The quantitative estimate of drug-likeness (QED) is 0.357. The highest BCUT2D eigenvalue weighted by atomic mass is 32.0. The Balaban J connectivity index is 1.99. The molecule has 4 heterocycles. The summed E-state index contributed by atoms with van der Waals surface area (Å²) in [6.45, 7) is 30.9. The van der Waals surface area contributed by atoms with Crippen molar-refractivity contribution in [3.63, 3.8) is 0 Å². The molecule has 0 nitrogen and oxygen atoms in total. The largest absolute Gasteiger partial charge is 0.0690 e. The van der Waals surface area contributed by atoms with Crippen molar-refractivity contribution < 1.29 is 0 Å². The van der Waals surface area contributed by atoms with E-state index in [4.69, 9.17) is 0 Å². The van der Waals surface area contributed by atoms with E-state index in [1.54, 1.807) is 0 Å². The molecule has 0 spiro atoms. The highest BCUT2D eigenvalue weighted by molar-refractivity contribution is 8.51. The first-order valence-electron chi connectivity index (χ1n) is 9.46. The Morgan fingerprint density at radius 2 is 1.12 bits per heavy atom. The summed E-state index contributed by atoms with van der Waals surface area (Å²) in [6, 6.07) is 0. The summed E-state index contributed by atoms with van der Waals surface area (Å²) >= 11 is 0. The second kappa shape index (κ2) is 4.22. The molecule has 0 aromatic rings. The fourth-order valence-corrected chi connectivity index (χ4v) is 42.2. The minimum Gasteiger partial charge on any atom is -0.0690 e. The van der Waals surface area contributed by atoms with Gasteiger partial charge in [-0.15, -0.1) is 0 Å². The molecule has 0 saturated carbocycles. The van der Waals surface area contributed by atoms with Crippen LogP contribution in [0, 0.1) is 21.7 Å². The molecule has 0 aromatic carbocycles. The van der Waals surface area contributed by atoms with Gasteiger partial charge in [-0.05, 0) is 42.2 Å². The van der Waals surface area contributed by atoms with Gasteiger partial charge in [0.25, 0.3) is 0 Å². The van der Waals surface area contributed by atoms with Gasteiger partial charge in [0.15, 0.2) is 0 Å². The minimum absolute atomic E-state index is 0.0572. The van der Waals surface area contributed by atoms with E-state index < -0.39 is 0 Å². The van der Waals surface area contributed by atoms with Gasteiger partial charge in [-0.25, -0.2) is 0 Å². The molecule has 0 aromatic heterocycles. The molecule has 6 atom stereocenters. The highest BCUT2D eigenvalue weighted by Gasteiger charge is 3.12. The zero-order valence-corrected chi connectivity index (χ0v) is 21.4. The van der Waals surface area contributed by atoms with Gasteiger partial charge in [-0.1, -0.05) is 98.9 Å². The number of hydrogen-bond acceptors (Lipinski definition) is 0. The van der Waals surface area contributed by atoms with E-state index >= 15 is 0 Å². The van der Waals surface area contributed by atoms with E-state index in [2.05, 4.69) is 83.1 Å². The standard InChI is InChI=1S/C20H36P4/c1-14(2,3)13-21-24-19(16(7,8)9)18(15(4,5)6)22(13)20(24,23(18)19)17(10,11)12/h1-12H3/t18-,19-,20-,22?,23?,24?/m0/s1. The summed E-state index contributed by atoms with van der Waals surface area (Å²) in [5.41, 5.74) is 1.90. The number of hydrogen-bond donors (Lipinski definition) is 0. The fraction of sp³-hybridized carbons (Fsp3) is 0.950. The zero-order chi connectivity index (χ0) is 18.5. The molecule has 4 rings (SSSR count). The predicted octanol–water partition coefficient (Wildman–Crippen LogP) is 8.71. The van der Waals surface area contributed by atoms with Gasteiger partial charge < -0.3 is 0 Å². The number of fused-ring (bicyclic) bond motifs is 3. The molecule has 136 valence electrons. The van der Waals surface area contributed by atoms with Gasteiger partial charge in [-0.3, -0.25) is 0 Å². The second-order valence-corrected chi connectivity index (χ2v) is 24.1. The van der Waals surface area contributed by atoms with E-state index in [-0.39, 0.29) is 23.5 Å². The van der Waals surface area contributed by atoms with Crippen molar-refractivity contribution in [1.29, 1.82) is 0 Å². The van der Waals surface area contributed by atoms with Crippen LogP contribution in [0.5, 0.6) is 0 Å². The average Bonchev–Trinajstić information content (AvgIpc) is 2.56. The van der Waals surface area contributed by atoms with Crippen molar-refractivity contribution in [2.75, 3.05) is 0 Å². The minimum atomic E-state index is 0.0572. The molecule has 0 aliphatic carbocycles. The summed E-state index contributed by atoms with van der Waals surface area (Å²) in [7, 11) is 2.23. The Morgan fingerprint density at radius 1 is 0.667 bits per heavy atom. The van der Waals surface area contributed by atoms with Crippen LogP contribution in [0.2, 0.25) is 0 Å². The highest BCUT2D eigenvalue weighted by Crippen LogP contribution is 3.38. The summed E-state index contributed by atoms with van der Waals surface area (Å²) in [6.07, 6.45) is 0. The first-order valence-corrected chi connectivity index (χ1v) is 15.1. The van der Waals surface area contributed by atoms with Crippen LogP contribution in [0.4, 0.5) is 0 Å². The summed E-state index contributed by atoms with van der Waals surface area (Å²) in [4.78, 5) is 1.47. The van der Waals surface area contributed by atoms with Crippen LogP contribution < -0.4 is 0 Å². The van der Waals surface area contributed by atoms with Crippen LogP contribution in [0.15, 0.2) is 0 Å². The summed E-state index contributed by atoms with van der Waals surface area (Å²) in [5, 5.41) is 2.00. The Bertz CT molecular complexity index is 666. The van der Waals surface area contributed by atoms with E-state index in [0.717, 1.165) is 14.4 Å². The van der Waals surface area contributed by atoms with Crippen molar-refractivity contribution in [3.05, 3.63) is 0 Å². The van der Waals surface area contributed by atoms with Gasteiger partial charge >= 0.3 is 0 Å². The van der Waals surface area contributed by atoms with Gasteiger partial charge in [0, 0.05) is 9.79 Å². The van der Waals surface area contributed by atoms with E-state index in [9.17, 15) is 0 Å². The van der Waals surface area contributed by atoms with Crippen molar-refractivity contribution >= 4 is 36.4 Å². The molecule has 4 aliphatic rings. The maximum Gasteiger partial charge on any atom is 0.0504 e. The van der Waals surface area contributed by atoms with Crippen LogP contribution in [-0.2, 0) is 0 Å². The molecule has 0 radical (unpaired) electrons. The maximum atomic E-state index is 2.60. The normalized spacial score (nSPS) is 49.8. The Hall–Kier alpha value is 1.46. The lowest BCUT2D eigenvalue weighted by Gasteiger charge is -2.65. The topological polar surface area (TPSA) is 0 Å². The zero-order valence-electron chi connectivity index (χ0n) is 17.8. The van der Waals surface area contributed by atoms with Gasteiger partial charge in [0.05, 0.1) is 4.64 Å². The van der Waals surface area contributed by atoms with Gasteiger partial charge in [0.2, 0.25) is 0 Å². The summed E-state index contributed by atoms with van der Waals surface area (Å²) in [5.74, 6) is 0. The van der Waals surface area contributed by atoms with Crippen LogP contribution in [0.1, 0.15) is 83.1 Å². The lowest BCUT2D eigenvalue weighted by molar-refractivity contribution is 0.295. The lowest BCUT2D eigenvalue weighted by Crippen LogP contribution is -2.48. The molecule has 0 N–H and O–H groups in total. The van der Waals surface area contributed by atoms with E-state index in [0.29, 0.717) is 21.7 Å². The molecule has 3 saturated heterocycles. The first kappa shape index (κ1) is 18.8. The number of rotatable bonds is 0. The second-order valence-electron chi connectivity index (χ2n) is 12.4. The third-order valence-corrected chi connectivity index (χ3v) is 31.5. The van der Waals surface area contributed by atoms with Gasteiger partial charge in [-0.2, -0.15) is 0 Å². The molecule has 3 fully saturated rings. The summed E-state index contributed by atoms with van der Waals surface area (Å²) < 4.78 is 0.776. The smallest absolute Gasteiger partial charge is 0.0504 e. The third-order valence-electron chi connectivity index (χ3n) is 6.81. The van der Waals surface area contributed by atoms with Crippen molar-refractivity contribution in [2.45, 2.75) is 97.5 Å². The Kier molecular flexibility index (Phi) is 3.31. The molecule has 3 unspecified atom stereocenters. The van der Waals surface area contributed by atoms with Crippen LogP contribution in [-0.4, -0.2) is 19.5 Å². The molecular weight excluding hydrogens is 364 g/mol. The maximum absolute atomic E-state index is 2.60. The average molecular weight is 400 g/mol. The fourth-order valence-electron chi connectivity index (χ4n) is 6.36. The molecule has 0 amide bonds. The van der Waals surface area contributed by atoms with Crippen LogP contribution >= 0.6 is 31.3 Å².